The van der Waals surface area contributed by atoms with E-state index in [2.05, 4.69) is 10.9 Å². The Kier molecular flexibility index (Phi) is 5.79. The minimum atomic E-state index is -1.49. The van der Waals surface area contributed by atoms with Crippen molar-refractivity contribution in [1.82, 2.24) is 5.43 Å². The molecule has 0 radical (unpaired) electrons. The number of rotatable bonds is 8. The van der Waals surface area contributed by atoms with Crippen molar-refractivity contribution in [3.63, 3.8) is 0 Å². The van der Waals surface area contributed by atoms with Crippen molar-refractivity contribution >= 4 is 28.8 Å². The van der Waals surface area contributed by atoms with E-state index in [1.54, 1.807) is 18.2 Å². The summed E-state index contributed by atoms with van der Waals surface area (Å²) in [5, 5.41) is 31.0. The molecule has 0 spiro atoms. The lowest BCUT2D eigenvalue weighted by Gasteiger charge is -2.10. The third-order valence-corrected chi connectivity index (χ3v) is 3.28. The van der Waals surface area contributed by atoms with E-state index in [0.29, 0.717) is 0 Å². The predicted octanol–water partition coefficient (Wildman–Crippen LogP) is 2.27. The Labute approximate surface area is 151 Å². The van der Waals surface area contributed by atoms with Gasteiger partial charge in [0, 0.05) is 17.7 Å². The van der Waals surface area contributed by atoms with Crippen molar-refractivity contribution in [2.45, 2.75) is 0 Å². The molecule has 0 bridgehead atoms. The van der Waals surface area contributed by atoms with Crippen LogP contribution in [0.4, 0.5) is 17.1 Å². The Bertz CT molecular complexity index is 941. The maximum absolute atomic E-state index is 12.1. The van der Waals surface area contributed by atoms with Crippen LogP contribution in [-0.4, -0.2) is 26.7 Å². The van der Waals surface area contributed by atoms with E-state index >= 15 is 0 Å². The molecular formula is C16H12N4O7. The Morgan fingerprint density at radius 1 is 1.00 bits per heavy atom. The second kappa shape index (κ2) is 8.20. The summed E-state index contributed by atoms with van der Waals surface area (Å²) in [5.41, 5.74) is 2.80. The summed E-state index contributed by atoms with van der Waals surface area (Å²) in [6, 6.07) is 10.7. The van der Waals surface area contributed by atoms with Crippen LogP contribution in [0.5, 0.6) is 0 Å². The van der Waals surface area contributed by atoms with Gasteiger partial charge in [-0.15, -0.1) is 0 Å². The summed E-state index contributed by atoms with van der Waals surface area (Å²) >= 11 is 0. The number of nitro groups is 2. The molecular weight excluding hydrogens is 360 g/mol. The minimum absolute atomic E-state index is 0.218. The van der Waals surface area contributed by atoms with E-state index in [0.717, 1.165) is 24.3 Å². The maximum Gasteiger partial charge on any atom is 0.353 e. The fraction of sp³-hybridized carbons (Fsp3) is 0. The first-order valence-electron chi connectivity index (χ1n) is 7.29. The highest BCUT2D eigenvalue weighted by Crippen LogP contribution is 2.28. The van der Waals surface area contributed by atoms with Crippen LogP contribution in [0.3, 0.4) is 0 Å². The molecule has 0 aliphatic carbocycles. The summed E-state index contributed by atoms with van der Waals surface area (Å²) in [7, 11) is 0. The fourth-order valence-corrected chi connectivity index (χ4v) is 1.99. The summed E-state index contributed by atoms with van der Waals surface area (Å²) in [6.07, 6.45) is 0.807. The first kappa shape index (κ1) is 19.1. The lowest BCUT2D eigenvalue weighted by molar-refractivity contribution is -0.393. The number of carbonyl (C=O) groups is 2. The Balaban J connectivity index is 2.25. The van der Waals surface area contributed by atoms with E-state index in [1.807, 2.05) is 0 Å². The average molecular weight is 372 g/mol. The van der Waals surface area contributed by atoms with Gasteiger partial charge in [-0.05, 0) is 6.07 Å². The van der Waals surface area contributed by atoms with Crippen LogP contribution in [0, 0.1) is 20.2 Å². The number of allylic oxidation sites excluding steroid dienone is 1. The van der Waals surface area contributed by atoms with Crippen molar-refractivity contribution < 1.29 is 24.5 Å². The number of carboxylic acids is 1. The average Bonchev–Trinajstić information content (AvgIpc) is 2.65. The van der Waals surface area contributed by atoms with Gasteiger partial charge in [0.15, 0.2) is 5.78 Å². The molecule has 138 valence electrons. The molecule has 11 nitrogen and oxygen atoms in total. The molecule has 0 amide bonds. The van der Waals surface area contributed by atoms with Gasteiger partial charge in [0.1, 0.15) is 11.4 Å². The smallest absolute Gasteiger partial charge is 0.353 e. The molecule has 3 N–H and O–H groups in total. The van der Waals surface area contributed by atoms with Gasteiger partial charge in [-0.2, -0.15) is 0 Å². The molecule has 0 aromatic heterocycles. The molecule has 0 aliphatic rings. The van der Waals surface area contributed by atoms with Gasteiger partial charge >= 0.3 is 11.7 Å². The summed E-state index contributed by atoms with van der Waals surface area (Å²) in [6.45, 7) is 0. The number of carbonyl (C=O) groups excluding carboxylic acids is 1. The molecule has 27 heavy (non-hydrogen) atoms. The highest BCUT2D eigenvalue weighted by atomic mass is 16.6. The first-order chi connectivity index (χ1) is 12.8. The number of hydrogen-bond acceptors (Lipinski definition) is 8. The van der Waals surface area contributed by atoms with E-state index in [-0.39, 0.29) is 11.3 Å². The standard InChI is InChI=1S/C16H12N4O7/c21-15(10-4-2-1-3-5-10)9-13(16(22)23)18-17-12-7-6-11(19(24)25)8-14(12)20(26)27/h1-9,17-18H,(H,22,23)/b13-9+. The van der Waals surface area contributed by atoms with Gasteiger partial charge in [0.2, 0.25) is 0 Å². The minimum Gasteiger partial charge on any atom is -0.477 e. The van der Waals surface area contributed by atoms with Crippen molar-refractivity contribution in [3.05, 3.63) is 86.1 Å². The number of ketones is 1. The second-order valence-corrected chi connectivity index (χ2v) is 5.06. The number of anilines is 1. The number of aliphatic carboxylic acids is 1. The quantitative estimate of drug-likeness (QED) is 0.273. The number of hydrazine groups is 1. The number of non-ortho nitro benzene ring substituents is 1. The largest absolute Gasteiger partial charge is 0.477 e. The molecule has 0 saturated heterocycles. The fourth-order valence-electron chi connectivity index (χ4n) is 1.99. The van der Waals surface area contributed by atoms with E-state index in [1.165, 1.54) is 12.1 Å². The van der Waals surface area contributed by atoms with Crippen LogP contribution in [-0.2, 0) is 4.79 Å². The van der Waals surface area contributed by atoms with Crippen LogP contribution < -0.4 is 10.9 Å². The Morgan fingerprint density at radius 2 is 1.67 bits per heavy atom. The van der Waals surface area contributed by atoms with E-state index < -0.39 is 38.7 Å². The molecule has 11 heteroatoms. The lowest BCUT2D eigenvalue weighted by Crippen LogP contribution is -2.27. The van der Waals surface area contributed by atoms with Crippen molar-refractivity contribution in [3.8, 4) is 0 Å². The van der Waals surface area contributed by atoms with Gasteiger partial charge in [-0.25, -0.2) is 4.79 Å². The number of benzene rings is 2. The summed E-state index contributed by atoms with van der Waals surface area (Å²) in [5.74, 6) is -2.09. The van der Waals surface area contributed by atoms with Crippen LogP contribution in [0.2, 0.25) is 0 Å². The Morgan fingerprint density at radius 3 is 2.22 bits per heavy atom. The third-order valence-electron chi connectivity index (χ3n) is 3.28. The van der Waals surface area contributed by atoms with Crippen molar-refractivity contribution in [2.24, 2.45) is 0 Å². The SMILES string of the molecule is O=C(O)/C(=C\C(=O)c1ccccc1)NNc1ccc([N+](=O)[O-])cc1[N+](=O)[O-]. The predicted molar refractivity (Wildman–Crippen MR) is 93.0 cm³/mol. The van der Waals surface area contributed by atoms with E-state index in [9.17, 15) is 34.9 Å². The monoisotopic (exact) mass is 372 g/mol. The van der Waals surface area contributed by atoms with E-state index in [4.69, 9.17) is 0 Å². The highest BCUT2D eigenvalue weighted by molar-refractivity contribution is 6.08. The van der Waals surface area contributed by atoms with Crippen LogP contribution in [0.1, 0.15) is 10.4 Å². The van der Waals surface area contributed by atoms with Crippen LogP contribution in [0.15, 0.2) is 60.3 Å². The van der Waals surface area contributed by atoms with Crippen molar-refractivity contribution in [2.75, 3.05) is 5.43 Å². The number of hydrogen-bond donors (Lipinski definition) is 3. The topological polar surface area (TPSA) is 165 Å². The van der Waals surface area contributed by atoms with Gasteiger partial charge in [0.25, 0.3) is 5.69 Å². The molecule has 2 aromatic rings. The summed E-state index contributed by atoms with van der Waals surface area (Å²) in [4.78, 5) is 43.5. The molecule has 0 heterocycles. The van der Waals surface area contributed by atoms with Gasteiger partial charge in [0.05, 0.1) is 15.9 Å². The molecule has 2 aromatic carbocycles. The number of carboxylic acid groups (broad SMARTS) is 1. The van der Waals surface area contributed by atoms with Crippen LogP contribution in [0.25, 0.3) is 0 Å². The van der Waals surface area contributed by atoms with Crippen LogP contribution >= 0.6 is 0 Å². The van der Waals surface area contributed by atoms with Gasteiger partial charge in [-0.3, -0.25) is 35.9 Å². The zero-order chi connectivity index (χ0) is 20.0. The second-order valence-electron chi connectivity index (χ2n) is 5.06. The highest BCUT2D eigenvalue weighted by Gasteiger charge is 2.20. The molecule has 0 atom stereocenters. The molecule has 0 fully saturated rings. The van der Waals surface area contributed by atoms with Gasteiger partial charge < -0.3 is 5.11 Å². The normalized spacial score (nSPS) is 10.7. The third kappa shape index (κ3) is 4.85. The first-order valence-corrected chi connectivity index (χ1v) is 7.29. The maximum atomic E-state index is 12.1. The number of nitrogens with zero attached hydrogens (tertiary/aromatic N) is 2. The number of nitro benzene ring substituents is 2. The molecule has 0 saturated carbocycles. The summed E-state index contributed by atoms with van der Waals surface area (Å²) < 4.78 is 0. The Hall–Kier alpha value is -4.28. The molecule has 2 rings (SSSR count). The molecule has 0 aliphatic heterocycles. The zero-order valence-electron chi connectivity index (χ0n) is 13.5. The molecule has 0 unspecified atom stereocenters. The zero-order valence-corrected chi connectivity index (χ0v) is 13.5. The number of nitrogens with one attached hydrogen (secondary N) is 2. The van der Waals surface area contributed by atoms with Gasteiger partial charge in [-0.1, -0.05) is 30.3 Å². The van der Waals surface area contributed by atoms with Crippen molar-refractivity contribution in [1.29, 1.82) is 0 Å². The lowest BCUT2D eigenvalue weighted by atomic mass is 10.1.